The van der Waals surface area contributed by atoms with Gasteiger partial charge < -0.3 is 4.74 Å². The number of para-hydroxylation sites is 1. The van der Waals surface area contributed by atoms with E-state index in [1.807, 2.05) is 0 Å². The Kier molecular flexibility index (Phi) is 3.90. The lowest BCUT2D eigenvalue weighted by atomic mass is 10.3. The molecule has 0 saturated heterocycles. The number of ether oxygens (including phenoxy) is 1. The third-order valence-corrected chi connectivity index (χ3v) is 3.70. The number of nitro groups is 1. The van der Waals surface area contributed by atoms with E-state index in [1.54, 1.807) is 0 Å². The fraction of sp³-hybridized carbons (Fsp3) is 0.0769. The second-order valence-corrected chi connectivity index (χ2v) is 6.18. The first kappa shape index (κ1) is 14.9. The number of sulfone groups is 1. The van der Waals surface area contributed by atoms with E-state index in [9.17, 15) is 22.9 Å². The molecular weight excluding hydrogens is 301 g/mol. The van der Waals surface area contributed by atoms with E-state index in [2.05, 4.69) is 0 Å². The van der Waals surface area contributed by atoms with Crippen LogP contribution in [0.15, 0.2) is 47.4 Å². The molecule has 0 bridgehead atoms. The van der Waals surface area contributed by atoms with Crippen LogP contribution in [0.1, 0.15) is 0 Å². The van der Waals surface area contributed by atoms with E-state index in [-0.39, 0.29) is 11.5 Å². The lowest BCUT2D eigenvalue weighted by molar-refractivity contribution is -0.388. The van der Waals surface area contributed by atoms with Gasteiger partial charge in [0.05, 0.1) is 4.92 Å². The largest absolute Gasteiger partial charge is 0.450 e. The van der Waals surface area contributed by atoms with Gasteiger partial charge in [0.15, 0.2) is 9.84 Å². The molecule has 0 aromatic heterocycles. The number of rotatable bonds is 4. The third-order valence-electron chi connectivity index (χ3n) is 2.57. The van der Waals surface area contributed by atoms with Crippen LogP contribution in [0.25, 0.3) is 0 Å². The van der Waals surface area contributed by atoms with E-state index in [1.165, 1.54) is 30.3 Å². The normalized spacial score (nSPS) is 11.1. The average Bonchev–Trinajstić information content (AvgIpc) is 2.37. The summed E-state index contributed by atoms with van der Waals surface area (Å²) in [6, 6.07) is 8.68. The molecule has 0 aliphatic rings. The molecule has 21 heavy (non-hydrogen) atoms. The van der Waals surface area contributed by atoms with E-state index in [0.29, 0.717) is 0 Å². The topological polar surface area (TPSA) is 86.5 Å². The highest BCUT2D eigenvalue weighted by Crippen LogP contribution is 2.36. The smallest absolute Gasteiger partial charge is 0.330 e. The molecule has 0 spiro atoms. The summed E-state index contributed by atoms with van der Waals surface area (Å²) < 4.78 is 41.5. The molecule has 0 amide bonds. The van der Waals surface area contributed by atoms with Gasteiger partial charge in [-0.2, -0.15) is 0 Å². The molecular formula is C13H10FNO5S. The molecule has 0 atom stereocenters. The first-order chi connectivity index (χ1) is 9.79. The Bertz CT molecular complexity index is 804. The number of halogens is 1. The molecule has 8 heteroatoms. The Morgan fingerprint density at radius 1 is 1.19 bits per heavy atom. The zero-order valence-corrected chi connectivity index (χ0v) is 11.6. The second-order valence-electron chi connectivity index (χ2n) is 4.19. The van der Waals surface area contributed by atoms with Crippen molar-refractivity contribution >= 4 is 15.5 Å². The number of benzene rings is 2. The molecule has 0 unspecified atom stereocenters. The van der Waals surface area contributed by atoms with Crippen LogP contribution in [-0.4, -0.2) is 19.6 Å². The van der Waals surface area contributed by atoms with Crippen molar-refractivity contribution in [2.45, 2.75) is 4.90 Å². The van der Waals surface area contributed by atoms with Crippen molar-refractivity contribution in [1.29, 1.82) is 0 Å². The molecule has 0 fully saturated rings. The van der Waals surface area contributed by atoms with E-state index < -0.39 is 31.2 Å². The molecule has 0 N–H and O–H groups in total. The third kappa shape index (κ3) is 3.34. The Labute approximate surface area is 119 Å². The quantitative estimate of drug-likeness (QED) is 0.640. The van der Waals surface area contributed by atoms with Crippen molar-refractivity contribution < 1.29 is 22.5 Å². The SMILES string of the molecule is CS(=O)(=O)c1cccc(Oc2cccc(F)c2)c1[N+](=O)[O-]. The molecule has 0 aliphatic heterocycles. The minimum Gasteiger partial charge on any atom is -0.450 e. The zero-order chi connectivity index (χ0) is 15.6. The lowest BCUT2D eigenvalue weighted by Crippen LogP contribution is -2.04. The van der Waals surface area contributed by atoms with Crippen molar-refractivity contribution in [3.63, 3.8) is 0 Å². The highest BCUT2D eigenvalue weighted by molar-refractivity contribution is 7.90. The summed E-state index contributed by atoms with van der Waals surface area (Å²) >= 11 is 0. The van der Waals surface area contributed by atoms with Crippen molar-refractivity contribution in [3.05, 3.63) is 58.4 Å². The first-order valence-electron chi connectivity index (χ1n) is 5.70. The van der Waals surface area contributed by atoms with Crippen LogP contribution in [-0.2, 0) is 9.84 Å². The molecule has 6 nitrogen and oxygen atoms in total. The summed E-state index contributed by atoms with van der Waals surface area (Å²) in [6.45, 7) is 0. The van der Waals surface area contributed by atoms with Gasteiger partial charge in [0, 0.05) is 12.3 Å². The molecule has 0 aliphatic carbocycles. The van der Waals surface area contributed by atoms with Crippen LogP contribution in [0.2, 0.25) is 0 Å². The van der Waals surface area contributed by atoms with Crippen molar-refractivity contribution in [2.24, 2.45) is 0 Å². The minimum atomic E-state index is -3.80. The fourth-order valence-corrected chi connectivity index (χ4v) is 2.57. The zero-order valence-electron chi connectivity index (χ0n) is 10.8. The standard InChI is InChI=1S/C13H10FNO5S/c1-21(18,19)12-7-3-6-11(13(12)15(16)17)20-10-5-2-4-9(14)8-10/h2-8H,1H3. The number of nitrogens with zero attached hydrogens (tertiary/aromatic N) is 1. The fourth-order valence-electron chi connectivity index (χ4n) is 1.72. The minimum absolute atomic E-state index is 0.0313. The average molecular weight is 311 g/mol. The van der Waals surface area contributed by atoms with Gasteiger partial charge in [-0.15, -0.1) is 0 Å². The van der Waals surface area contributed by atoms with E-state index in [4.69, 9.17) is 4.74 Å². The highest BCUT2D eigenvalue weighted by Gasteiger charge is 2.27. The van der Waals surface area contributed by atoms with Crippen molar-refractivity contribution in [3.8, 4) is 11.5 Å². The second kappa shape index (κ2) is 5.49. The van der Waals surface area contributed by atoms with E-state index in [0.717, 1.165) is 18.4 Å². The van der Waals surface area contributed by atoms with Crippen molar-refractivity contribution in [1.82, 2.24) is 0 Å². The first-order valence-corrected chi connectivity index (χ1v) is 7.59. The molecule has 2 rings (SSSR count). The summed E-state index contributed by atoms with van der Waals surface area (Å²) in [6.07, 6.45) is 0.862. The van der Waals surface area contributed by atoms with Crippen LogP contribution in [0.3, 0.4) is 0 Å². The molecule has 110 valence electrons. The maximum absolute atomic E-state index is 13.1. The van der Waals surface area contributed by atoms with Crippen LogP contribution in [0, 0.1) is 15.9 Å². The maximum atomic E-state index is 13.1. The number of hydrogen-bond acceptors (Lipinski definition) is 5. The highest BCUT2D eigenvalue weighted by atomic mass is 32.2. The lowest BCUT2D eigenvalue weighted by Gasteiger charge is -2.08. The van der Waals surface area contributed by atoms with Crippen LogP contribution >= 0.6 is 0 Å². The van der Waals surface area contributed by atoms with Gasteiger partial charge in [-0.25, -0.2) is 12.8 Å². The summed E-state index contributed by atoms with van der Waals surface area (Å²) in [5.41, 5.74) is -0.677. The van der Waals surface area contributed by atoms with Crippen LogP contribution < -0.4 is 4.74 Å². The summed E-state index contributed by atoms with van der Waals surface area (Å²) in [5.74, 6) is -0.813. The Morgan fingerprint density at radius 2 is 1.86 bits per heavy atom. The summed E-state index contributed by atoms with van der Waals surface area (Å²) in [5, 5.41) is 11.1. The summed E-state index contributed by atoms with van der Waals surface area (Å²) in [7, 11) is -3.80. The van der Waals surface area contributed by atoms with Crippen LogP contribution in [0.5, 0.6) is 11.5 Å². The van der Waals surface area contributed by atoms with Crippen LogP contribution in [0.4, 0.5) is 10.1 Å². The van der Waals surface area contributed by atoms with Gasteiger partial charge in [-0.05, 0) is 24.3 Å². The van der Waals surface area contributed by atoms with Crippen molar-refractivity contribution in [2.75, 3.05) is 6.26 Å². The van der Waals surface area contributed by atoms with Gasteiger partial charge in [0.25, 0.3) is 0 Å². The Balaban J connectivity index is 2.57. The molecule has 0 saturated carbocycles. The van der Waals surface area contributed by atoms with Gasteiger partial charge >= 0.3 is 5.69 Å². The Morgan fingerprint density at radius 3 is 2.43 bits per heavy atom. The monoisotopic (exact) mass is 311 g/mol. The Hall–Kier alpha value is -2.48. The molecule has 0 heterocycles. The predicted octanol–water partition coefficient (Wildman–Crippen LogP) is 2.93. The molecule has 0 radical (unpaired) electrons. The van der Waals surface area contributed by atoms with E-state index >= 15 is 0 Å². The molecule has 2 aromatic rings. The predicted molar refractivity (Wildman–Crippen MR) is 72.7 cm³/mol. The van der Waals surface area contributed by atoms with Gasteiger partial charge in [-0.3, -0.25) is 10.1 Å². The van der Waals surface area contributed by atoms with Gasteiger partial charge in [-0.1, -0.05) is 12.1 Å². The van der Waals surface area contributed by atoms with Gasteiger partial charge in [0.2, 0.25) is 5.75 Å². The van der Waals surface area contributed by atoms with Gasteiger partial charge in [0.1, 0.15) is 16.5 Å². The summed E-state index contributed by atoms with van der Waals surface area (Å²) in [4.78, 5) is 9.83. The maximum Gasteiger partial charge on any atom is 0.330 e. The number of nitro benzene ring substituents is 1. The molecule has 2 aromatic carbocycles. The number of hydrogen-bond donors (Lipinski definition) is 0.